The summed E-state index contributed by atoms with van der Waals surface area (Å²) in [5, 5.41) is 7.16. The number of rotatable bonds is 18. The van der Waals surface area contributed by atoms with Gasteiger partial charge in [0.05, 0.1) is 6.10 Å². The van der Waals surface area contributed by atoms with Crippen LogP contribution in [-0.4, -0.2) is 24.8 Å². The van der Waals surface area contributed by atoms with E-state index < -0.39 is 0 Å². The van der Waals surface area contributed by atoms with Crippen LogP contribution in [0.2, 0.25) is 0 Å². The van der Waals surface area contributed by atoms with E-state index in [4.69, 9.17) is 4.74 Å². The zero-order valence-corrected chi connectivity index (χ0v) is 20.1. The minimum absolute atomic E-state index is 0.0285. The maximum Gasteiger partial charge on any atom is 0.0563 e. The normalized spacial score (nSPS) is 14.6. The van der Waals surface area contributed by atoms with Gasteiger partial charge in [-0.1, -0.05) is 59.6 Å². The first-order valence-corrected chi connectivity index (χ1v) is 11.8. The van der Waals surface area contributed by atoms with Crippen molar-refractivity contribution in [1.29, 1.82) is 0 Å². The van der Waals surface area contributed by atoms with Crippen molar-refractivity contribution in [1.82, 2.24) is 10.6 Å². The molecule has 0 radical (unpaired) electrons. The highest BCUT2D eigenvalue weighted by molar-refractivity contribution is 4.98. The Morgan fingerprint density at radius 2 is 1.82 bits per heavy atom. The van der Waals surface area contributed by atoms with Crippen LogP contribution in [0.3, 0.4) is 0 Å². The molecule has 0 fully saturated rings. The first-order chi connectivity index (χ1) is 13.3. The van der Waals surface area contributed by atoms with Gasteiger partial charge in [0.15, 0.2) is 0 Å². The molecule has 2 unspecified atom stereocenters. The van der Waals surface area contributed by atoms with E-state index in [1.165, 1.54) is 37.1 Å². The van der Waals surface area contributed by atoms with Crippen molar-refractivity contribution in [2.24, 2.45) is 5.92 Å². The van der Waals surface area contributed by atoms with Crippen molar-refractivity contribution in [2.75, 3.05) is 13.2 Å². The van der Waals surface area contributed by atoms with Gasteiger partial charge >= 0.3 is 0 Å². The minimum atomic E-state index is 0.0285. The summed E-state index contributed by atoms with van der Waals surface area (Å²) < 4.78 is 6.05. The zero-order valence-electron chi connectivity index (χ0n) is 20.1. The minimum Gasteiger partial charge on any atom is -0.389 e. The Morgan fingerprint density at radius 1 is 1.11 bits per heavy atom. The van der Waals surface area contributed by atoms with Gasteiger partial charge < -0.3 is 15.4 Å². The summed E-state index contributed by atoms with van der Waals surface area (Å²) in [6.07, 6.45) is 13.0. The molecule has 0 saturated carbocycles. The molecule has 28 heavy (non-hydrogen) atoms. The predicted molar refractivity (Wildman–Crippen MR) is 126 cm³/mol. The fourth-order valence-electron chi connectivity index (χ4n) is 3.57. The molecule has 2 atom stereocenters. The van der Waals surface area contributed by atoms with Gasteiger partial charge in [0, 0.05) is 30.1 Å². The standard InChI is InChI=1S/C25H50N2O/c1-9-13-23(11-3)16-15-21(5)27-25(7,8)18-20-28-22(6)17-19-26-24(12-4)14-10-2/h14,22-23,26-27H,5,9-13,15-20H2,1-4,6-8H3/b24-14-. The van der Waals surface area contributed by atoms with Gasteiger partial charge in [0.25, 0.3) is 0 Å². The fourth-order valence-corrected chi connectivity index (χ4v) is 3.57. The van der Waals surface area contributed by atoms with E-state index in [1.807, 2.05) is 0 Å². The lowest BCUT2D eigenvalue weighted by Gasteiger charge is -2.30. The Labute approximate surface area is 176 Å². The van der Waals surface area contributed by atoms with Crippen LogP contribution in [-0.2, 0) is 4.74 Å². The average Bonchev–Trinajstić information content (AvgIpc) is 2.63. The largest absolute Gasteiger partial charge is 0.389 e. The van der Waals surface area contributed by atoms with Crippen LogP contribution in [0, 0.1) is 5.92 Å². The molecule has 3 nitrogen and oxygen atoms in total. The highest BCUT2D eigenvalue weighted by Crippen LogP contribution is 2.20. The topological polar surface area (TPSA) is 33.3 Å². The van der Waals surface area contributed by atoms with Crippen LogP contribution in [0.5, 0.6) is 0 Å². The Kier molecular flexibility index (Phi) is 15.4. The molecule has 0 aromatic carbocycles. The highest BCUT2D eigenvalue weighted by Gasteiger charge is 2.18. The Hall–Kier alpha value is -0.960. The maximum absolute atomic E-state index is 6.05. The van der Waals surface area contributed by atoms with Crippen molar-refractivity contribution in [2.45, 2.75) is 118 Å². The molecule has 0 spiro atoms. The number of nitrogens with one attached hydrogen (secondary N) is 2. The quantitative estimate of drug-likeness (QED) is 0.264. The number of hydrogen-bond acceptors (Lipinski definition) is 3. The summed E-state index contributed by atoms with van der Waals surface area (Å²) in [7, 11) is 0. The second-order valence-corrected chi connectivity index (χ2v) is 8.85. The lowest BCUT2D eigenvalue weighted by atomic mass is 9.94. The molecule has 0 heterocycles. The first kappa shape index (κ1) is 27.0. The van der Waals surface area contributed by atoms with Crippen molar-refractivity contribution in [3.05, 3.63) is 24.0 Å². The highest BCUT2D eigenvalue weighted by atomic mass is 16.5. The average molecular weight is 395 g/mol. The van der Waals surface area contributed by atoms with Crippen LogP contribution in [0.25, 0.3) is 0 Å². The fraction of sp³-hybridized carbons (Fsp3) is 0.840. The summed E-state index contributed by atoms with van der Waals surface area (Å²) >= 11 is 0. The number of allylic oxidation sites excluding steroid dienone is 3. The second-order valence-electron chi connectivity index (χ2n) is 8.85. The van der Waals surface area contributed by atoms with E-state index in [1.54, 1.807) is 0 Å². The molecule has 166 valence electrons. The Bertz CT molecular complexity index is 428. The summed E-state index contributed by atoms with van der Waals surface area (Å²) in [5.74, 6) is 0.838. The third kappa shape index (κ3) is 14.1. The van der Waals surface area contributed by atoms with Crippen molar-refractivity contribution in [3.8, 4) is 0 Å². The lowest BCUT2D eigenvalue weighted by Crippen LogP contribution is -2.39. The van der Waals surface area contributed by atoms with Crippen LogP contribution >= 0.6 is 0 Å². The van der Waals surface area contributed by atoms with E-state index in [2.05, 4.69) is 71.8 Å². The van der Waals surface area contributed by atoms with E-state index >= 15 is 0 Å². The lowest BCUT2D eigenvalue weighted by molar-refractivity contribution is 0.0487. The molecular weight excluding hydrogens is 344 g/mol. The summed E-state index contributed by atoms with van der Waals surface area (Å²) in [6, 6.07) is 0. The molecule has 0 aromatic rings. The van der Waals surface area contributed by atoms with Gasteiger partial charge in [-0.25, -0.2) is 0 Å². The van der Waals surface area contributed by atoms with Gasteiger partial charge in [0.2, 0.25) is 0 Å². The van der Waals surface area contributed by atoms with Gasteiger partial charge in [-0.15, -0.1) is 0 Å². The van der Waals surface area contributed by atoms with Gasteiger partial charge in [0.1, 0.15) is 0 Å². The molecule has 0 aliphatic carbocycles. The summed E-state index contributed by atoms with van der Waals surface area (Å²) in [6.45, 7) is 21.7. The first-order valence-electron chi connectivity index (χ1n) is 11.8. The molecule has 0 rings (SSSR count). The van der Waals surface area contributed by atoms with E-state index in [-0.39, 0.29) is 11.6 Å². The molecule has 3 heteroatoms. The molecule has 2 N–H and O–H groups in total. The van der Waals surface area contributed by atoms with Gasteiger partial charge in [-0.2, -0.15) is 0 Å². The summed E-state index contributed by atoms with van der Waals surface area (Å²) in [4.78, 5) is 0. The Balaban J connectivity index is 4.04. The molecule has 0 aliphatic heterocycles. The molecule has 0 aliphatic rings. The number of ether oxygens (including phenoxy) is 1. The van der Waals surface area contributed by atoms with E-state index in [9.17, 15) is 0 Å². The van der Waals surface area contributed by atoms with Crippen molar-refractivity contribution >= 4 is 0 Å². The van der Waals surface area contributed by atoms with Crippen LogP contribution in [0.1, 0.15) is 106 Å². The molecule has 0 saturated heterocycles. The molecule has 0 aromatic heterocycles. The third-order valence-corrected chi connectivity index (χ3v) is 5.51. The van der Waals surface area contributed by atoms with Gasteiger partial charge in [-0.3, -0.25) is 0 Å². The SMILES string of the molecule is C=C(CCC(CC)CCC)NC(C)(C)CCOC(C)CCN/C(=C\CC)CC. The van der Waals surface area contributed by atoms with Crippen LogP contribution in [0.4, 0.5) is 0 Å². The van der Waals surface area contributed by atoms with E-state index in [0.29, 0.717) is 0 Å². The second kappa shape index (κ2) is 15.9. The Morgan fingerprint density at radius 3 is 2.39 bits per heavy atom. The van der Waals surface area contributed by atoms with Crippen molar-refractivity contribution < 1.29 is 4.74 Å². The van der Waals surface area contributed by atoms with Crippen LogP contribution < -0.4 is 10.6 Å². The summed E-state index contributed by atoms with van der Waals surface area (Å²) in [5.41, 5.74) is 2.55. The molecular formula is C25H50N2O. The van der Waals surface area contributed by atoms with Gasteiger partial charge in [-0.05, 0) is 65.2 Å². The molecule has 0 amide bonds. The number of hydrogen-bond donors (Lipinski definition) is 2. The monoisotopic (exact) mass is 394 g/mol. The van der Waals surface area contributed by atoms with Crippen LogP contribution in [0.15, 0.2) is 24.0 Å². The maximum atomic E-state index is 6.05. The zero-order chi connectivity index (χ0) is 21.4. The smallest absolute Gasteiger partial charge is 0.0563 e. The predicted octanol–water partition coefficient (Wildman–Crippen LogP) is 6.95. The van der Waals surface area contributed by atoms with Crippen molar-refractivity contribution in [3.63, 3.8) is 0 Å². The van der Waals surface area contributed by atoms with E-state index in [0.717, 1.165) is 51.2 Å². The third-order valence-electron chi connectivity index (χ3n) is 5.51. The molecule has 0 bridgehead atoms.